The third-order valence-corrected chi connectivity index (χ3v) is 3.32. The lowest BCUT2D eigenvalue weighted by Crippen LogP contribution is -2.21. The zero-order valence-corrected chi connectivity index (χ0v) is 10.1. The number of ether oxygens (including phenoxy) is 1. The van der Waals surface area contributed by atoms with Crippen LogP contribution >= 0.6 is 11.5 Å². The molecule has 1 unspecified atom stereocenters. The molecule has 1 aliphatic rings. The molecule has 1 fully saturated rings. The molecule has 15 heavy (non-hydrogen) atoms. The summed E-state index contributed by atoms with van der Waals surface area (Å²) in [7, 11) is 0. The van der Waals surface area contributed by atoms with Gasteiger partial charge in [-0.1, -0.05) is 6.92 Å². The Balaban J connectivity index is 2.05. The van der Waals surface area contributed by atoms with Gasteiger partial charge >= 0.3 is 0 Å². The summed E-state index contributed by atoms with van der Waals surface area (Å²) < 4.78 is 10.1. The monoisotopic (exact) mass is 227 g/mol. The van der Waals surface area contributed by atoms with Crippen molar-refractivity contribution >= 4 is 16.7 Å². The first-order valence-electron chi connectivity index (χ1n) is 5.46. The Morgan fingerprint density at radius 2 is 2.47 bits per heavy atom. The second-order valence-electron chi connectivity index (χ2n) is 4.03. The van der Waals surface area contributed by atoms with Crippen molar-refractivity contribution < 1.29 is 4.74 Å². The van der Waals surface area contributed by atoms with Crippen LogP contribution in [-0.2, 0) is 10.3 Å². The van der Waals surface area contributed by atoms with Crippen molar-refractivity contribution in [1.82, 2.24) is 9.36 Å². The lowest BCUT2D eigenvalue weighted by atomic mass is 10.0. The van der Waals surface area contributed by atoms with Gasteiger partial charge in [-0.25, -0.2) is 4.98 Å². The van der Waals surface area contributed by atoms with E-state index in [1.165, 1.54) is 11.5 Å². The highest BCUT2D eigenvalue weighted by molar-refractivity contribution is 7.09. The van der Waals surface area contributed by atoms with Crippen LogP contribution in [0.5, 0.6) is 0 Å². The summed E-state index contributed by atoms with van der Waals surface area (Å²) in [6.07, 6.45) is 3.23. The van der Waals surface area contributed by atoms with Crippen LogP contribution in [0.15, 0.2) is 0 Å². The summed E-state index contributed by atoms with van der Waals surface area (Å²) >= 11 is 1.42. The fourth-order valence-corrected chi connectivity index (χ4v) is 2.40. The van der Waals surface area contributed by atoms with Crippen LogP contribution in [0, 0.1) is 0 Å². The van der Waals surface area contributed by atoms with E-state index in [1.54, 1.807) is 0 Å². The molecule has 2 rings (SSSR count). The summed E-state index contributed by atoms with van der Waals surface area (Å²) in [5.41, 5.74) is -0.247. The molecular formula is C10H17N3OS. The SMILES string of the molecule is CCCNc1nc(C2(C)CCCO2)ns1. The first-order valence-corrected chi connectivity index (χ1v) is 6.24. The van der Waals surface area contributed by atoms with E-state index < -0.39 is 0 Å². The van der Waals surface area contributed by atoms with Gasteiger partial charge < -0.3 is 10.1 Å². The number of nitrogens with zero attached hydrogens (tertiary/aromatic N) is 2. The molecule has 1 atom stereocenters. The zero-order chi connectivity index (χ0) is 10.7. The van der Waals surface area contributed by atoms with Crippen molar-refractivity contribution in [2.24, 2.45) is 0 Å². The minimum absolute atomic E-state index is 0.247. The van der Waals surface area contributed by atoms with Crippen molar-refractivity contribution in [1.29, 1.82) is 0 Å². The van der Waals surface area contributed by atoms with Crippen LogP contribution in [0.3, 0.4) is 0 Å². The maximum Gasteiger partial charge on any atom is 0.202 e. The largest absolute Gasteiger partial charge is 0.367 e. The highest BCUT2D eigenvalue weighted by Crippen LogP contribution is 2.34. The highest BCUT2D eigenvalue weighted by Gasteiger charge is 2.35. The van der Waals surface area contributed by atoms with Crippen molar-refractivity contribution in [3.63, 3.8) is 0 Å². The van der Waals surface area contributed by atoms with Gasteiger partial charge in [0.2, 0.25) is 5.13 Å². The number of aromatic nitrogens is 2. The molecular weight excluding hydrogens is 210 g/mol. The molecule has 0 amide bonds. The van der Waals surface area contributed by atoms with E-state index in [4.69, 9.17) is 4.74 Å². The molecule has 1 saturated heterocycles. The summed E-state index contributed by atoms with van der Waals surface area (Å²) in [6, 6.07) is 0. The zero-order valence-electron chi connectivity index (χ0n) is 9.25. The van der Waals surface area contributed by atoms with E-state index in [0.717, 1.165) is 43.4 Å². The lowest BCUT2D eigenvalue weighted by Gasteiger charge is -2.18. The first kappa shape index (κ1) is 10.8. The van der Waals surface area contributed by atoms with Gasteiger partial charge in [-0.3, -0.25) is 0 Å². The molecule has 0 spiro atoms. The molecule has 0 radical (unpaired) electrons. The van der Waals surface area contributed by atoms with Gasteiger partial charge in [0.15, 0.2) is 5.82 Å². The van der Waals surface area contributed by atoms with Crippen LogP contribution in [0.2, 0.25) is 0 Å². The molecule has 0 bridgehead atoms. The van der Waals surface area contributed by atoms with E-state index in [1.807, 2.05) is 0 Å². The third-order valence-electron chi connectivity index (χ3n) is 2.64. The first-order chi connectivity index (χ1) is 7.24. The quantitative estimate of drug-likeness (QED) is 0.858. The fourth-order valence-electron chi connectivity index (χ4n) is 1.70. The maximum absolute atomic E-state index is 5.70. The summed E-state index contributed by atoms with van der Waals surface area (Å²) in [5, 5.41) is 4.15. The summed E-state index contributed by atoms with van der Waals surface area (Å²) in [4.78, 5) is 4.47. The van der Waals surface area contributed by atoms with Crippen LogP contribution in [-0.4, -0.2) is 22.5 Å². The van der Waals surface area contributed by atoms with Crippen molar-refractivity contribution in [3.05, 3.63) is 5.82 Å². The molecule has 84 valence electrons. The second-order valence-corrected chi connectivity index (χ2v) is 4.78. The van der Waals surface area contributed by atoms with Crippen LogP contribution in [0.25, 0.3) is 0 Å². The molecule has 4 nitrogen and oxygen atoms in total. The molecule has 2 heterocycles. The van der Waals surface area contributed by atoms with Crippen molar-refractivity contribution in [2.75, 3.05) is 18.5 Å². The van der Waals surface area contributed by atoms with Gasteiger partial charge in [0.05, 0.1) is 0 Å². The Kier molecular flexibility index (Phi) is 3.21. The number of nitrogens with one attached hydrogen (secondary N) is 1. The van der Waals surface area contributed by atoms with E-state index in [-0.39, 0.29) is 5.60 Å². The van der Waals surface area contributed by atoms with Gasteiger partial charge in [-0.05, 0) is 26.2 Å². The van der Waals surface area contributed by atoms with Gasteiger partial charge in [-0.15, -0.1) is 0 Å². The molecule has 1 aromatic heterocycles. The standard InChI is InChI=1S/C10H17N3OS/c1-3-6-11-9-12-8(13-15-9)10(2)5-4-7-14-10/h3-7H2,1-2H3,(H,11,12,13). The van der Waals surface area contributed by atoms with Crippen LogP contribution in [0.1, 0.15) is 38.9 Å². The van der Waals surface area contributed by atoms with Crippen LogP contribution < -0.4 is 5.32 Å². The third kappa shape index (κ3) is 2.29. The van der Waals surface area contributed by atoms with Gasteiger partial charge in [0.25, 0.3) is 0 Å². The summed E-state index contributed by atoms with van der Waals surface area (Å²) in [5.74, 6) is 0.837. The van der Waals surface area contributed by atoms with E-state index in [0.29, 0.717) is 0 Å². The number of rotatable bonds is 4. The van der Waals surface area contributed by atoms with Gasteiger partial charge in [0, 0.05) is 24.7 Å². The molecule has 1 N–H and O–H groups in total. The van der Waals surface area contributed by atoms with Crippen LogP contribution in [0.4, 0.5) is 5.13 Å². The molecule has 1 aliphatic heterocycles. The molecule has 0 aliphatic carbocycles. The minimum Gasteiger partial charge on any atom is -0.367 e. The Hall–Kier alpha value is -0.680. The molecule has 5 heteroatoms. The fraction of sp³-hybridized carbons (Fsp3) is 0.800. The maximum atomic E-state index is 5.70. The van der Waals surface area contributed by atoms with Gasteiger partial charge in [-0.2, -0.15) is 4.37 Å². The highest BCUT2D eigenvalue weighted by atomic mass is 32.1. The Labute approximate surface area is 94.2 Å². The van der Waals surface area contributed by atoms with Crippen molar-refractivity contribution in [3.8, 4) is 0 Å². The smallest absolute Gasteiger partial charge is 0.202 e. The minimum atomic E-state index is -0.247. The molecule has 1 aromatic rings. The van der Waals surface area contributed by atoms with E-state index >= 15 is 0 Å². The Morgan fingerprint density at radius 1 is 1.60 bits per heavy atom. The predicted molar refractivity (Wildman–Crippen MR) is 61.2 cm³/mol. The predicted octanol–water partition coefficient (Wildman–Crippen LogP) is 2.39. The van der Waals surface area contributed by atoms with E-state index in [2.05, 4.69) is 28.5 Å². The Morgan fingerprint density at radius 3 is 3.13 bits per heavy atom. The van der Waals surface area contributed by atoms with Gasteiger partial charge in [0.1, 0.15) is 5.60 Å². The topological polar surface area (TPSA) is 47.0 Å². The average Bonchev–Trinajstić information content (AvgIpc) is 2.84. The second kappa shape index (κ2) is 4.45. The number of anilines is 1. The number of hydrogen-bond acceptors (Lipinski definition) is 5. The number of hydrogen-bond donors (Lipinski definition) is 1. The van der Waals surface area contributed by atoms with Crippen molar-refractivity contribution in [2.45, 2.75) is 38.7 Å². The average molecular weight is 227 g/mol. The summed E-state index contributed by atoms with van der Waals surface area (Å²) in [6.45, 7) is 5.99. The normalized spacial score (nSPS) is 25.7. The lowest BCUT2D eigenvalue weighted by molar-refractivity contribution is 0.0104. The molecule has 0 saturated carbocycles. The van der Waals surface area contributed by atoms with E-state index in [9.17, 15) is 0 Å². The Bertz CT molecular complexity index is 320. The molecule has 0 aromatic carbocycles.